The van der Waals surface area contributed by atoms with Gasteiger partial charge in [0.1, 0.15) is 0 Å². The summed E-state index contributed by atoms with van der Waals surface area (Å²) in [6.07, 6.45) is 4.70. The van der Waals surface area contributed by atoms with E-state index in [1.165, 1.54) is 29.3 Å². The van der Waals surface area contributed by atoms with Crippen LogP contribution in [0.25, 0.3) is 10.9 Å². The summed E-state index contributed by atoms with van der Waals surface area (Å²) >= 11 is 0. The fourth-order valence-electron chi connectivity index (χ4n) is 2.46. The average molecular weight is 230 g/mol. The van der Waals surface area contributed by atoms with Crippen LogP contribution in [0.3, 0.4) is 0 Å². The highest BCUT2D eigenvalue weighted by Gasteiger charge is 2.10. The zero-order chi connectivity index (χ0) is 12.3. The first-order valence-electron chi connectivity index (χ1n) is 6.56. The second-order valence-corrected chi connectivity index (χ2v) is 4.71. The molecule has 2 rings (SSSR count). The number of para-hydroxylation sites is 1. The van der Waals surface area contributed by atoms with Gasteiger partial charge >= 0.3 is 0 Å². The van der Waals surface area contributed by atoms with Gasteiger partial charge in [-0.25, -0.2) is 0 Å². The standard InChI is InChI=1S/C15H22N2/c1-3-12(4-2)10-17-11-13(9-16)14-7-5-6-8-15(14)17/h5-8,11-12H,3-4,9-10,16H2,1-2H3. The van der Waals surface area contributed by atoms with E-state index in [1.54, 1.807) is 0 Å². The SMILES string of the molecule is CCC(CC)Cn1cc(CN)c2ccccc21. The maximum Gasteiger partial charge on any atom is 0.0483 e. The van der Waals surface area contributed by atoms with Crippen molar-refractivity contribution in [3.05, 3.63) is 36.0 Å². The normalized spacial score (nSPS) is 11.5. The molecule has 2 nitrogen and oxygen atoms in total. The van der Waals surface area contributed by atoms with Crippen LogP contribution in [0.5, 0.6) is 0 Å². The highest BCUT2D eigenvalue weighted by atomic mass is 15.0. The molecule has 1 aromatic heterocycles. The molecule has 0 atom stereocenters. The minimum Gasteiger partial charge on any atom is -0.347 e. The summed E-state index contributed by atoms with van der Waals surface area (Å²) < 4.78 is 2.37. The van der Waals surface area contributed by atoms with Gasteiger partial charge < -0.3 is 10.3 Å². The quantitative estimate of drug-likeness (QED) is 0.837. The van der Waals surface area contributed by atoms with E-state index in [2.05, 4.69) is 48.9 Å². The van der Waals surface area contributed by atoms with Crippen molar-refractivity contribution in [2.45, 2.75) is 39.8 Å². The molecular weight excluding hydrogens is 208 g/mol. The summed E-state index contributed by atoms with van der Waals surface area (Å²) in [6, 6.07) is 8.55. The van der Waals surface area contributed by atoms with E-state index in [0.717, 1.165) is 12.5 Å². The number of nitrogens with zero attached hydrogens (tertiary/aromatic N) is 1. The van der Waals surface area contributed by atoms with E-state index in [9.17, 15) is 0 Å². The lowest BCUT2D eigenvalue weighted by Gasteiger charge is -2.14. The van der Waals surface area contributed by atoms with Crippen LogP contribution in [-0.2, 0) is 13.1 Å². The number of aromatic nitrogens is 1. The van der Waals surface area contributed by atoms with Gasteiger partial charge in [-0.3, -0.25) is 0 Å². The molecule has 2 heteroatoms. The Balaban J connectivity index is 2.40. The van der Waals surface area contributed by atoms with Crippen molar-refractivity contribution in [1.29, 1.82) is 0 Å². The van der Waals surface area contributed by atoms with Crippen LogP contribution in [0.2, 0.25) is 0 Å². The predicted octanol–water partition coefficient (Wildman–Crippen LogP) is 3.54. The maximum atomic E-state index is 5.81. The fourth-order valence-corrected chi connectivity index (χ4v) is 2.46. The second kappa shape index (κ2) is 5.37. The van der Waals surface area contributed by atoms with E-state index in [0.29, 0.717) is 6.54 Å². The van der Waals surface area contributed by atoms with Crippen LogP contribution >= 0.6 is 0 Å². The molecule has 1 heterocycles. The zero-order valence-electron chi connectivity index (χ0n) is 10.8. The monoisotopic (exact) mass is 230 g/mol. The largest absolute Gasteiger partial charge is 0.347 e. The van der Waals surface area contributed by atoms with E-state index in [4.69, 9.17) is 5.73 Å². The van der Waals surface area contributed by atoms with Crippen molar-refractivity contribution < 1.29 is 0 Å². The Kier molecular flexibility index (Phi) is 3.85. The number of nitrogens with two attached hydrogens (primary N) is 1. The molecule has 0 aliphatic heterocycles. The Morgan fingerprint density at radius 1 is 1.18 bits per heavy atom. The molecule has 17 heavy (non-hydrogen) atoms. The number of rotatable bonds is 5. The summed E-state index contributed by atoms with van der Waals surface area (Å²) in [6.45, 7) is 6.26. The first kappa shape index (κ1) is 12.2. The van der Waals surface area contributed by atoms with Gasteiger partial charge in [0.25, 0.3) is 0 Å². The Morgan fingerprint density at radius 3 is 2.53 bits per heavy atom. The predicted molar refractivity (Wildman–Crippen MR) is 73.9 cm³/mol. The third kappa shape index (κ3) is 2.37. The second-order valence-electron chi connectivity index (χ2n) is 4.71. The molecule has 92 valence electrons. The zero-order valence-corrected chi connectivity index (χ0v) is 10.8. The van der Waals surface area contributed by atoms with Crippen LogP contribution in [-0.4, -0.2) is 4.57 Å². The maximum absolute atomic E-state index is 5.81. The van der Waals surface area contributed by atoms with E-state index in [1.807, 2.05) is 0 Å². The van der Waals surface area contributed by atoms with E-state index < -0.39 is 0 Å². The van der Waals surface area contributed by atoms with Gasteiger partial charge in [0.15, 0.2) is 0 Å². The van der Waals surface area contributed by atoms with Crippen LogP contribution < -0.4 is 5.73 Å². The summed E-state index contributed by atoms with van der Waals surface area (Å²) in [5.41, 5.74) is 8.39. The van der Waals surface area contributed by atoms with Gasteiger partial charge in [0, 0.05) is 30.2 Å². The van der Waals surface area contributed by atoms with Crippen molar-refractivity contribution in [1.82, 2.24) is 4.57 Å². The van der Waals surface area contributed by atoms with Crippen molar-refractivity contribution in [3.8, 4) is 0 Å². The molecule has 0 saturated heterocycles. The lowest BCUT2D eigenvalue weighted by atomic mass is 10.0. The molecule has 1 aromatic carbocycles. The molecular formula is C15H22N2. The number of fused-ring (bicyclic) bond motifs is 1. The summed E-state index contributed by atoms with van der Waals surface area (Å²) in [5.74, 6) is 0.761. The smallest absolute Gasteiger partial charge is 0.0483 e. The third-order valence-corrected chi connectivity index (χ3v) is 3.70. The van der Waals surface area contributed by atoms with Crippen molar-refractivity contribution >= 4 is 10.9 Å². The molecule has 0 spiro atoms. The van der Waals surface area contributed by atoms with Crippen molar-refractivity contribution in [2.75, 3.05) is 0 Å². The molecule has 0 aliphatic carbocycles. The van der Waals surface area contributed by atoms with Gasteiger partial charge in [-0.15, -0.1) is 0 Å². The van der Waals surface area contributed by atoms with E-state index >= 15 is 0 Å². The Morgan fingerprint density at radius 2 is 1.88 bits per heavy atom. The number of hydrogen-bond donors (Lipinski definition) is 1. The lowest BCUT2D eigenvalue weighted by Crippen LogP contribution is -2.08. The summed E-state index contributed by atoms with van der Waals surface area (Å²) in [7, 11) is 0. The minimum absolute atomic E-state index is 0.621. The third-order valence-electron chi connectivity index (χ3n) is 3.70. The average Bonchev–Trinajstić information content (AvgIpc) is 2.74. The Bertz CT molecular complexity index is 481. The summed E-state index contributed by atoms with van der Waals surface area (Å²) in [4.78, 5) is 0. The van der Waals surface area contributed by atoms with Crippen LogP contribution in [0.4, 0.5) is 0 Å². The van der Waals surface area contributed by atoms with Crippen LogP contribution in [0, 0.1) is 5.92 Å². The van der Waals surface area contributed by atoms with Gasteiger partial charge in [0.05, 0.1) is 0 Å². The molecule has 0 radical (unpaired) electrons. The highest BCUT2D eigenvalue weighted by Crippen LogP contribution is 2.23. The van der Waals surface area contributed by atoms with Crippen molar-refractivity contribution in [2.24, 2.45) is 11.7 Å². The molecule has 0 saturated carbocycles. The molecule has 0 unspecified atom stereocenters. The first-order valence-corrected chi connectivity index (χ1v) is 6.56. The topological polar surface area (TPSA) is 30.9 Å². The van der Waals surface area contributed by atoms with Gasteiger partial charge in [-0.2, -0.15) is 0 Å². The first-order chi connectivity index (χ1) is 8.30. The van der Waals surface area contributed by atoms with E-state index in [-0.39, 0.29) is 0 Å². The van der Waals surface area contributed by atoms with Gasteiger partial charge in [-0.1, -0.05) is 44.9 Å². The van der Waals surface area contributed by atoms with Crippen LogP contribution in [0.1, 0.15) is 32.3 Å². The molecule has 2 aromatic rings. The summed E-state index contributed by atoms with van der Waals surface area (Å²) in [5, 5.41) is 1.31. The highest BCUT2D eigenvalue weighted by molar-refractivity contribution is 5.83. The van der Waals surface area contributed by atoms with Gasteiger partial charge in [0.2, 0.25) is 0 Å². The minimum atomic E-state index is 0.621. The molecule has 0 aliphatic rings. The number of benzene rings is 1. The Hall–Kier alpha value is -1.28. The fraction of sp³-hybridized carbons (Fsp3) is 0.467. The Labute approximate surface area is 103 Å². The van der Waals surface area contributed by atoms with Gasteiger partial charge in [-0.05, 0) is 17.5 Å². The molecule has 0 bridgehead atoms. The van der Waals surface area contributed by atoms with Crippen LogP contribution in [0.15, 0.2) is 30.5 Å². The van der Waals surface area contributed by atoms with Crippen molar-refractivity contribution in [3.63, 3.8) is 0 Å². The molecule has 2 N–H and O–H groups in total. The number of hydrogen-bond acceptors (Lipinski definition) is 1. The lowest BCUT2D eigenvalue weighted by molar-refractivity contribution is 0.425. The molecule has 0 fully saturated rings. The molecule has 0 amide bonds.